The lowest BCUT2D eigenvalue weighted by molar-refractivity contribution is -0.137. The molecule has 4 heteroatoms. The predicted molar refractivity (Wildman–Crippen MR) is 79.9 cm³/mol. The Morgan fingerprint density at radius 1 is 1.24 bits per heavy atom. The van der Waals surface area contributed by atoms with E-state index in [1.807, 2.05) is 29.2 Å². The zero-order valence-corrected chi connectivity index (χ0v) is 12.2. The number of likely N-dealkylation sites (tertiary alicyclic amines) is 1. The van der Waals surface area contributed by atoms with Gasteiger partial charge in [0.25, 0.3) is 5.91 Å². The van der Waals surface area contributed by atoms with E-state index in [0.29, 0.717) is 18.3 Å². The van der Waals surface area contributed by atoms with Crippen LogP contribution in [0, 0.1) is 11.8 Å². The normalized spacial score (nSPS) is 34.2. The zero-order valence-electron chi connectivity index (χ0n) is 12.2. The first-order valence-electron chi connectivity index (χ1n) is 8.01. The number of rotatable bonds is 1. The number of hydrogen-bond acceptors (Lipinski definition) is 3. The predicted octanol–water partition coefficient (Wildman–Crippen LogP) is 1.58. The highest BCUT2D eigenvalue weighted by atomic mass is 16.5. The van der Waals surface area contributed by atoms with Gasteiger partial charge < -0.3 is 15.4 Å². The van der Waals surface area contributed by atoms with Crippen molar-refractivity contribution < 1.29 is 9.53 Å². The van der Waals surface area contributed by atoms with Crippen molar-refractivity contribution in [3.63, 3.8) is 0 Å². The molecule has 112 valence electrons. The maximum atomic E-state index is 12.7. The molecule has 0 radical (unpaired) electrons. The quantitative estimate of drug-likeness (QED) is 0.852. The van der Waals surface area contributed by atoms with Crippen molar-refractivity contribution in [3.05, 3.63) is 29.8 Å². The molecule has 1 aromatic rings. The Morgan fingerprint density at radius 2 is 2.10 bits per heavy atom. The van der Waals surface area contributed by atoms with Gasteiger partial charge in [0.05, 0.1) is 0 Å². The lowest BCUT2D eigenvalue weighted by Crippen LogP contribution is -2.41. The molecule has 4 atom stereocenters. The van der Waals surface area contributed by atoms with Crippen LogP contribution < -0.4 is 10.5 Å². The maximum absolute atomic E-state index is 12.7. The summed E-state index contributed by atoms with van der Waals surface area (Å²) in [6.07, 6.45) is 3.89. The van der Waals surface area contributed by atoms with E-state index >= 15 is 0 Å². The van der Waals surface area contributed by atoms with E-state index in [4.69, 9.17) is 10.5 Å². The summed E-state index contributed by atoms with van der Waals surface area (Å²) in [4.78, 5) is 14.7. The average Bonchev–Trinajstić information content (AvgIpc) is 3.11. The van der Waals surface area contributed by atoms with E-state index in [1.165, 1.54) is 12.8 Å². The third-order valence-corrected chi connectivity index (χ3v) is 5.39. The van der Waals surface area contributed by atoms with Crippen molar-refractivity contribution >= 4 is 5.91 Å². The minimum absolute atomic E-state index is 0.146. The molecule has 4 unspecified atom stereocenters. The maximum Gasteiger partial charge on any atom is 0.264 e. The van der Waals surface area contributed by atoms with Gasteiger partial charge in [0.15, 0.2) is 6.10 Å². The fourth-order valence-electron chi connectivity index (χ4n) is 4.22. The third kappa shape index (κ3) is 2.22. The topological polar surface area (TPSA) is 55.6 Å². The number of carbonyl (C=O) groups excluding carboxylic acids is 1. The second-order valence-corrected chi connectivity index (χ2v) is 6.68. The Kier molecular flexibility index (Phi) is 3.14. The number of amides is 1. The van der Waals surface area contributed by atoms with Gasteiger partial charge >= 0.3 is 0 Å². The molecule has 4 rings (SSSR count). The first-order valence-corrected chi connectivity index (χ1v) is 8.01. The van der Waals surface area contributed by atoms with Crippen LogP contribution in [-0.2, 0) is 11.2 Å². The van der Waals surface area contributed by atoms with Gasteiger partial charge in [-0.15, -0.1) is 0 Å². The highest BCUT2D eigenvalue weighted by Crippen LogP contribution is 2.37. The molecular weight excluding hydrogens is 264 g/mol. The first-order chi connectivity index (χ1) is 10.2. The van der Waals surface area contributed by atoms with Crippen molar-refractivity contribution in [2.24, 2.45) is 17.6 Å². The van der Waals surface area contributed by atoms with Crippen LogP contribution in [-0.4, -0.2) is 36.0 Å². The monoisotopic (exact) mass is 286 g/mol. The van der Waals surface area contributed by atoms with E-state index < -0.39 is 0 Å². The average molecular weight is 286 g/mol. The van der Waals surface area contributed by atoms with Gasteiger partial charge in [0.1, 0.15) is 5.75 Å². The lowest BCUT2D eigenvalue weighted by Gasteiger charge is -2.29. The molecule has 4 nitrogen and oxygen atoms in total. The number of benzene rings is 1. The van der Waals surface area contributed by atoms with E-state index in [9.17, 15) is 4.79 Å². The van der Waals surface area contributed by atoms with Crippen molar-refractivity contribution in [1.29, 1.82) is 0 Å². The summed E-state index contributed by atoms with van der Waals surface area (Å²) in [5.41, 5.74) is 7.38. The van der Waals surface area contributed by atoms with Gasteiger partial charge in [-0.05, 0) is 36.3 Å². The van der Waals surface area contributed by atoms with Crippen LogP contribution in [0.15, 0.2) is 24.3 Å². The molecule has 2 N–H and O–H groups in total. The number of para-hydroxylation sites is 1. The van der Waals surface area contributed by atoms with E-state index in [1.54, 1.807) is 0 Å². The van der Waals surface area contributed by atoms with Crippen LogP contribution >= 0.6 is 0 Å². The minimum Gasteiger partial charge on any atom is -0.480 e. The molecule has 1 aromatic carbocycles. The Bertz CT molecular complexity index is 534. The van der Waals surface area contributed by atoms with Crippen molar-refractivity contribution in [2.75, 3.05) is 13.1 Å². The minimum atomic E-state index is -0.334. The second kappa shape index (κ2) is 5.02. The molecule has 1 aliphatic carbocycles. The summed E-state index contributed by atoms with van der Waals surface area (Å²) < 4.78 is 5.84. The highest BCUT2D eigenvalue weighted by Gasteiger charge is 2.43. The molecule has 0 aromatic heterocycles. The molecule has 1 saturated heterocycles. The number of nitrogens with zero attached hydrogens (tertiary/aromatic N) is 1. The number of ether oxygens (including phenoxy) is 1. The molecular formula is C17H22N2O2. The summed E-state index contributed by atoms with van der Waals surface area (Å²) in [7, 11) is 0. The van der Waals surface area contributed by atoms with E-state index in [0.717, 1.165) is 30.8 Å². The largest absolute Gasteiger partial charge is 0.480 e. The fraction of sp³-hybridized carbons (Fsp3) is 0.588. The Balaban J connectivity index is 1.45. The van der Waals surface area contributed by atoms with Crippen molar-refractivity contribution in [1.82, 2.24) is 4.90 Å². The summed E-state index contributed by atoms with van der Waals surface area (Å²) in [6, 6.07) is 8.21. The van der Waals surface area contributed by atoms with E-state index in [-0.39, 0.29) is 18.1 Å². The second-order valence-electron chi connectivity index (χ2n) is 6.68. The zero-order chi connectivity index (χ0) is 14.4. The number of carbonyl (C=O) groups is 1. The van der Waals surface area contributed by atoms with Gasteiger partial charge in [-0.1, -0.05) is 24.6 Å². The molecule has 2 aliphatic heterocycles. The molecule has 21 heavy (non-hydrogen) atoms. The van der Waals surface area contributed by atoms with Gasteiger partial charge in [-0.25, -0.2) is 0 Å². The fourth-order valence-corrected chi connectivity index (χ4v) is 4.22. The van der Waals surface area contributed by atoms with Gasteiger partial charge in [-0.2, -0.15) is 0 Å². The summed E-state index contributed by atoms with van der Waals surface area (Å²) in [5.74, 6) is 2.10. The van der Waals surface area contributed by atoms with Crippen LogP contribution in [0.3, 0.4) is 0 Å². The standard InChI is InChI=1S/C17H22N2O2/c18-14-6-3-5-12-9-19(10-13(12)14)17(20)16-8-11-4-1-2-7-15(11)21-16/h1-2,4,7,12-14,16H,3,5-6,8-10,18H2. The number of nitrogens with two attached hydrogens (primary N) is 1. The Hall–Kier alpha value is -1.55. The number of hydrogen-bond donors (Lipinski definition) is 1. The van der Waals surface area contributed by atoms with E-state index in [2.05, 4.69) is 0 Å². The smallest absolute Gasteiger partial charge is 0.264 e. The Morgan fingerprint density at radius 3 is 2.90 bits per heavy atom. The van der Waals surface area contributed by atoms with Gasteiger partial charge in [0.2, 0.25) is 0 Å². The van der Waals surface area contributed by atoms with Crippen molar-refractivity contribution in [2.45, 2.75) is 37.8 Å². The van der Waals surface area contributed by atoms with Crippen molar-refractivity contribution in [3.8, 4) is 5.75 Å². The summed E-state index contributed by atoms with van der Waals surface area (Å²) in [5, 5.41) is 0. The molecule has 2 fully saturated rings. The van der Waals surface area contributed by atoms with Crippen LogP contribution in [0.5, 0.6) is 5.75 Å². The van der Waals surface area contributed by atoms with Gasteiger partial charge in [0, 0.05) is 25.6 Å². The van der Waals surface area contributed by atoms with Crippen LogP contribution in [0.25, 0.3) is 0 Å². The van der Waals surface area contributed by atoms with Crippen LogP contribution in [0.4, 0.5) is 0 Å². The van der Waals surface area contributed by atoms with Crippen LogP contribution in [0.2, 0.25) is 0 Å². The Labute approximate surface area is 125 Å². The highest BCUT2D eigenvalue weighted by molar-refractivity contribution is 5.83. The molecule has 1 saturated carbocycles. The summed E-state index contributed by atoms with van der Waals surface area (Å²) in [6.45, 7) is 1.69. The first kappa shape index (κ1) is 13.1. The van der Waals surface area contributed by atoms with Gasteiger partial charge in [-0.3, -0.25) is 4.79 Å². The molecule has 0 bridgehead atoms. The molecule has 3 aliphatic rings. The SMILES string of the molecule is NC1CCCC2CN(C(=O)C3Cc4ccccc4O3)CC12. The van der Waals surface area contributed by atoms with Crippen LogP contribution in [0.1, 0.15) is 24.8 Å². The molecule has 2 heterocycles. The molecule has 1 amide bonds. The molecule has 0 spiro atoms. The summed E-state index contributed by atoms with van der Waals surface area (Å²) >= 11 is 0. The third-order valence-electron chi connectivity index (χ3n) is 5.39. The lowest BCUT2D eigenvalue weighted by atomic mass is 9.78. The number of fused-ring (bicyclic) bond motifs is 2.